The van der Waals surface area contributed by atoms with Crippen LogP contribution in [0, 0.1) is 5.82 Å². The minimum absolute atomic E-state index is 0.0458. The molecule has 1 heterocycles. The third-order valence-electron chi connectivity index (χ3n) is 4.84. The Morgan fingerprint density at radius 1 is 1.14 bits per heavy atom. The zero-order chi connectivity index (χ0) is 20.6. The average molecular weight is 399 g/mol. The molecule has 1 N–H and O–H groups in total. The number of halogens is 1. The van der Waals surface area contributed by atoms with Crippen molar-refractivity contribution >= 4 is 23.2 Å². The van der Waals surface area contributed by atoms with E-state index in [2.05, 4.69) is 10.2 Å². The van der Waals surface area contributed by atoms with Crippen molar-refractivity contribution in [2.45, 2.75) is 13.3 Å². The number of carbonyl (C=O) groups is 2. The predicted molar refractivity (Wildman–Crippen MR) is 110 cm³/mol. The topological polar surface area (TPSA) is 61.9 Å². The van der Waals surface area contributed by atoms with E-state index in [4.69, 9.17) is 4.74 Å². The lowest BCUT2D eigenvalue weighted by atomic mass is 10.1. The van der Waals surface area contributed by atoms with Crippen LogP contribution in [0.1, 0.15) is 12.5 Å². The van der Waals surface area contributed by atoms with Gasteiger partial charge in [0.05, 0.1) is 26.2 Å². The van der Waals surface area contributed by atoms with Crippen molar-refractivity contribution in [1.29, 1.82) is 0 Å². The van der Waals surface area contributed by atoms with Crippen molar-refractivity contribution in [2.75, 3.05) is 49.6 Å². The van der Waals surface area contributed by atoms with Crippen LogP contribution in [-0.2, 0) is 20.7 Å². The van der Waals surface area contributed by atoms with E-state index >= 15 is 0 Å². The van der Waals surface area contributed by atoms with Crippen LogP contribution >= 0.6 is 0 Å². The van der Waals surface area contributed by atoms with Gasteiger partial charge in [-0.1, -0.05) is 12.1 Å². The van der Waals surface area contributed by atoms with Gasteiger partial charge in [0.1, 0.15) is 5.82 Å². The number of ether oxygens (including phenoxy) is 1. The highest BCUT2D eigenvalue weighted by Crippen LogP contribution is 2.19. The molecule has 2 amide bonds. The smallest absolute Gasteiger partial charge is 0.243 e. The van der Waals surface area contributed by atoms with E-state index in [9.17, 15) is 14.0 Å². The minimum Gasteiger partial charge on any atom is -0.378 e. The fraction of sp³-hybridized carbons (Fsp3) is 0.364. The summed E-state index contributed by atoms with van der Waals surface area (Å²) in [4.78, 5) is 28.6. The maximum absolute atomic E-state index is 13.3. The molecule has 0 radical (unpaired) electrons. The summed E-state index contributed by atoms with van der Waals surface area (Å²) in [5, 5.41) is 2.83. The van der Waals surface area contributed by atoms with E-state index in [1.54, 1.807) is 12.1 Å². The minimum atomic E-state index is -0.378. The average Bonchev–Trinajstić information content (AvgIpc) is 2.73. The van der Waals surface area contributed by atoms with E-state index in [1.807, 2.05) is 31.2 Å². The van der Waals surface area contributed by atoms with Crippen molar-refractivity contribution in [3.05, 3.63) is 59.9 Å². The van der Waals surface area contributed by atoms with Crippen LogP contribution in [0.2, 0.25) is 0 Å². The van der Waals surface area contributed by atoms with Gasteiger partial charge in [0.2, 0.25) is 11.8 Å². The van der Waals surface area contributed by atoms with Gasteiger partial charge in [-0.3, -0.25) is 9.59 Å². The maximum Gasteiger partial charge on any atom is 0.243 e. The fourth-order valence-corrected chi connectivity index (χ4v) is 3.26. The molecule has 1 aliphatic rings. The second kappa shape index (κ2) is 10.0. The molecule has 154 valence electrons. The Balaban J connectivity index is 1.53. The highest BCUT2D eigenvalue weighted by Gasteiger charge is 2.17. The summed E-state index contributed by atoms with van der Waals surface area (Å²) < 4.78 is 18.7. The van der Waals surface area contributed by atoms with Gasteiger partial charge in [-0.2, -0.15) is 0 Å². The lowest BCUT2D eigenvalue weighted by Crippen LogP contribution is -2.38. The molecule has 29 heavy (non-hydrogen) atoms. The van der Waals surface area contributed by atoms with Gasteiger partial charge in [-0.15, -0.1) is 0 Å². The standard InChI is InChI=1S/C22H26FN3O3/c1-2-25(22(28)15-17-4-3-5-18(23)14-17)16-21(27)24-19-6-8-20(9-7-19)26-10-12-29-13-11-26/h3-9,14H,2,10-13,15-16H2,1H3,(H,24,27). The molecule has 0 unspecified atom stereocenters. The van der Waals surface area contributed by atoms with E-state index in [0.29, 0.717) is 17.8 Å². The molecule has 3 rings (SSSR count). The van der Waals surface area contributed by atoms with Gasteiger partial charge in [0.15, 0.2) is 0 Å². The molecule has 0 aromatic heterocycles. The highest BCUT2D eigenvalue weighted by molar-refractivity contribution is 5.94. The summed E-state index contributed by atoms with van der Waals surface area (Å²) >= 11 is 0. The van der Waals surface area contributed by atoms with Gasteiger partial charge in [-0.25, -0.2) is 4.39 Å². The molecular weight excluding hydrogens is 373 g/mol. The number of nitrogens with zero attached hydrogens (tertiary/aromatic N) is 2. The SMILES string of the molecule is CCN(CC(=O)Nc1ccc(N2CCOCC2)cc1)C(=O)Cc1cccc(F)c1. The summed E-state index contributed by atoms with van der Waals surface area (Å²) in [5.74, 6) is -0.855. The molecule has 0 aliphatic carbocycles. The van der Waals surface area contributed by atoms with Gasteiger partial charge >= 0.3 is 0 Å². The number of amides is 2. The lowest BCUT2D eigenvalue weighted by molar-refractivity contribution is -0.133. The maximum atomic E-state index is 13.3. The number of hydrogen-bond donors (Lipinski definition) is 1. The van der Waals surface area contributed by atoms with Crippen molar-refractivity contribution in [3.63, 3.8) is 0 Å². The van der Waals surface area contributed by atoms with E-state index in [-0.39, 0.29) is 30.6 Å². The van der Waals surface area contributed by atoms with Crippen LogP contribution in [0.15, 0.2) is 48.5 Å². The van der Waals surface area contributed by atoms with E-state index in [1.165, 1.54) is 17.0 Å². The molecule has 2 aromatic carbocycles. The summed E-state index contributed by atoms with van der Waals surface area (Å²) in [5.41, 5.74) is 2.36. The molecular formula is C22H26FN3O3. The van der Waals surface area contributed by atoms with Crippen LogP contribution in [-0.4, -0.2) is 56.1 Å². The molecule has 0 spiro atoms. The first-order valence-corrected chi connectivity index (χ1v) is 9.80. The molecule has 1 saturated heterocycles. The van der Waals surface area contributed by atoms with Crippen LogP contribution in [0.25, 0.3) is 0 Å². The Hall–Kier alpha value is -2.93. The number of likely N-dealkylation sites (N-methyl/N-ethyl adjacent to an activating group) is 1. The Kier molecular flexibility index (Phi) is 7.19. The molecule has 7 heteroatoms. The van der Waals surface area contributed by atoms with Crippen molar-refractivity contribution in [1.82, 2.24) is 4.90 Å². The summed E-state index contributed by atoms with van der Waals surface area (Å²) in [7, 11) is 0. The molecule has 0 saturated carbocycles. The van der Waals surface area contributed by atoms with Crippen LogP contribution in [0.3, 0.4) is 0 Å². The van der Waals surface area contributed by atoms with E-state index < -0.39 is 0 Å². The summed E-state index contributed by atoms with van der Waals surface area (Å²) in [6, 6.07) is 13.6. The quantitative estimate of drug-likeness (QED) is 0.778. The fourth-order valence-electron chi connectivity index (χ4n) is 3.26. The van der Waals surface area contributed by atoms with Gasteiger partial charge in [0.25, 0.3) is 0 Å². The van der Waals surface area contributed by atoms with E-state index in [0.717, 1.165) is 32.0 Å². The molecule has 6 nitrogen and oxygen atoms in total. The largest absolute Gasteiger partial charge is 0.378 e. The molecule has 0 bridgehead atoms. The van der Waals surface area contributed by atoms with Gasteiger partial charge < -0.3 is 19.9 Å². The Labute approximate surface area is 170 Å². The first-order valence-electron chi connectivity index (χ1n) is 9.80. The molecule has 1 aliphatic heterocycles. The first-order chi connectivity index (χ1) is 14.0. The number of hydrogen-bond acceptors (Lipinski definition) is 4. The van der Waals surface area contributed by atoms with Crippen molar-refractivity contribution < 1.29 is 18.7 Å². The van der Waals surface area contributed by atoms with Crippen LogP contribution < -0.4 is 10.2 Å². The zero-order valence-corrected chi connectivity index (χ0v) is 16.6. The number of anilines is 2. The number of morpholine rings is 1. The summed E-state index contributed by atoms with van der Waals surface area (Å²) in [6.07, 6.45) is 0.0626. The molecule has 1 fully saturated rings. The monoisotopic (exact) mass is 399 g/mol. The summed E-state index contributed by atoms with van der Waals surface area (Å²) in [6.45, 7) is 5.31. The second-order valence-corrected chi connectivity index (χ2v) is 6.91. The molecule has 2 aromatic rings. The highest BCUT2D eigenvalue weighted by atomic mass is 19.1. The number of benzene rings is 2. The first kappa shape index (κ1) is 20.8. The second-order valence-electron chi connectivity index (χ2n) is 6.91. The Morgan fingerprint density at radius 2 is 1.86 bits per heavy atom. The zero-order valence-electron chi connectivity index (χ0n) is 16.6. The number of carbonyl (C=O) groups excluding carboxylic acids is 2. The number of rotatable bonds is 7. The molecule has 0 atom stereocenters. The van der Waals surface area contributed by atoms with Crippen LogP contribution in [0.5, 0.6) is 0 Å². The number of nitrogens with one attached hydrogen (secondary N) is 1. The van der Waals surface area contributed by atoms with Gasteiger partial charge in [0, 0.05) is 31.0 Å². The van der Waals surface area contributed by atoms with Crippen LogP contribution in [0.4, 0.5) is 15.8 Å². The normalized spacial score (nSPS) is 13.8. The third kappa shape index (κ3) is 6.02. The van der Waals surface area contributed by atoms with Crippen molar-refractivity contribution in [2.24, 2.45) is 0 Å². The van der Waals surface area contributed by atoms with Crippen molar-refractivity contribution in [3.8, 4) is 0 Å². The Morgan fingerprint density at radius 3 is 2.52 bits per heavy atom. The van der Waals surface area contributed by atoms with Gasteiger partial charge in [-0.05, 0) is 48.9 Å². The lowest BCUT2D eigenvalue weighted by Gasteiger charge is -2.29. The predicted octanol–water partition coefficient (Wildman–Crippen LogP) is 2.69. The Bertz CT molecular complexity index is 835. The third-order valence-corrected chi connectivity index (χ3v) is 4.84.